The highest BCUT2D eigenvalue weighted by molar-refractivity contribution is 7.97. The number of nitrogen functional groups attached to an aromatic ring is 1. The first-order valence-electron chi connectivity index (χ1n) is 3.48. The Kier molecular flexibility index (Phi) is 3.08. The van der Waals surface area contributed by atoms with E-state index in [0.717, 1.165) is 0 Å². The van der Waals surface area contributed by atoms with Crippen molar-refractivity contribution < 1.29 is 13.2 Å². The van der Waals surface area contributed by atoms with Crippen molar-refractivity contribution in [3.63, 3.8) is 0 Å². The van der Waals surface area contributed by atoms with Gasteiger partial charge in [0.2, 0.25) is 0 Å². The summed E-state index contributed by atoms with van der Waals surface area (Å²) in [5.74, 6) is -3.02. The molecule has 5 heteroatoms. The molecule has 0 amide bonds. The van der Waals surface area contributed by atoms with Gasteiger partial charge in [0.1, 0.15) is 5.82 Å². The van der Waals surface area contributed by atoms with Crippen LogP contribution in [0, 0.1) is 17.5 Å². The van der Waals surface area contributed by atoms with Crippen LogP contribution in [0.15, 0.2) is 6.07 Å². The molecule has 1 nitrogen and oxygen atoms in total. The van der Waals surface area contributed by atoms with Crippen LogP contribution < -0.4 is 5.73 Å². The molecule has 72 valence electrons. The standard InChI is InChI=1S/C8H8F3NS/c1-13-3-4-7(11)5(9)2-6(10)8(4)12/h2H,3,12H2,1H3. The Bertz CT molecular complexity index is 301. The molecule has 0 aliphatic rings. The summed E-state index contributed by atoms with van der Waals surface area (Å²) in [6, 6.07) is 0.453. The minimum atomic E-state index is -1.20. The molecule has 0 unspecified atom stereocenters. The Hall–Kier alpha value is -0.840. The zero-order valence-corrected chi connectivity index (χ0v) is 7.72. The van der Waals surface area contributed by atoms with Gasteiger partial charge in [0.15, 0.2) is 11.6 Å². The summed E-state index contributed by atoms with van der Waals surface area (Å²) in [4.78, 5) is 0. The van der Waals surface area contributed by atoms with Crippen molar-refractivity contribution in [2.45, 2.75) is 5.75 Å². The second-order valence-electron chi connectivity index (χ2n) is 2.48. The molecule has 1 aromatic carbocycles. The first-order chi connectivity index (χ1) is 6.07. The lowest BCUT2D eigenvalue weighted by Crippen LogP contribution is -2.03. The molecular formula is C8H8F3NS. The van der Waals surface area contributed by atoms with Crippen molar-refractivity contribution in [1.82, 2.24) is 0 Å². The molecule has 0 radical (unpaired) electrons. The van der Waals surface area contributed by atoms with Crippen LogP contribution in [0.1, 0.15) is 5.56 Å². The van der Waals surface area contributed by atoms with Crippen LogP contribution in [0.25, 0.3) is 0 Å². The van der Waals surface area contributed by atoms with Crippen LogP contribution in [-0.2, 0) is 5.75 Å². The van der Waals surface area contributed by atoms with Crippen LogP contribution in [0.3, 0.4) is 0 Å². The molecule has 1 rings (SSSR count). The van der Waals surface area contributed by atoms with Gasteiger partial charge in [-0.05, 0) is 6.26 Å². The first-order valence-corrected chi connectivity index (χ1v) is 4.88. The lowest BCUT2D eigenvalue weighted by atomic mass is 10.2. The van der Waals surface area contributed by atoms with Crippen LogP contribution >= 0.6 is 11.8 Å². The zero-order valence-electron chi connectivity index (χ0n) is 6.90. The summed E-state index contributed by atoms with van der Waals surface area (Å²) in [7, 11) is 0. The Labute approximate surface area is 78.1 Å². The fraction of sp³-hybridized carbons (Fsp3) is 0.250. The van der Waals surface area contributed by atoms with Crippen molar-refractivity contribution in [2.75, 3.05) is 12.0 Å². The molecule has 2 N–H and O–H groups in total. The monoisotopic (exact) mass is 207 g/mol. The molecule has 0 aliphatic carbocycles. The fourth-order valence-corrected chi connectivity index (χ4v) is 1.52. The number of hydrogen-bond donors (Lipinski definition) is 1. The Morgan fingerprint density at radius 3 is 2.46 bits per heavy atom. The molecule has 0 aliphatic heterocycles. The van der Waals surface area contributed by atoms with Gasteiger partial charge >= 0.3 is 0 Å². The number of nitrogens with two attached hydrogens (primary N) is 1. The van der Waals surface area contributed by atoms with E-state index in [4.69, 9.17) is 5.73 Å². The molecule has 0 fully saturated rings. The van der Waals surface area contributed by atoms with Gasteiger partial charge in [0.05, 0.1) is 5.69 Å². The Balaban J connectivity index is 3.28. The predicted molar refractivity (Wildman–Crippen MR) is 47.9 cm³/mol. The van der Waals surface area contributed by atoms with E-state index in [-0.39, 0.29) is 17.0 Å². The minimum absolute atomic E-state index is 0.106. The maximum atomic E-state index is 13.0. The van der Waals surface area contributed by atoms with Crippen LogP contribution in [0.5, 0.6) is 0 Å². The van der Waals surface area contributed by atoms with Crippen molar-refractivity contribution >= 4 is 17.4 Å². The highest BCUT2D eigenvalue weighted by Crippen LogP contribution is 2.25. The molecule has 13 heavy (non-hydrogen) atoms. The summed E-state index contributed by atoms with van der Waals surface area (Å²) in [5.41, 5.74) is 4.83. The highest BCUT2D eigenvalue weighted by Gasteiger charge is 2.15. The van der Waals surface area contributed by atoms with Crippen LogP contribution in [0.4, 0.5) is 18.9 Å². The lowest BCUT2D eigenvalue weighted by molar-refractivity contribution is 0.490. The largest absolute Gasteiger partial charge is 0.396 e. The summed E-state index contributed by atoms with van der Waals surface area (Å²) in [6.07, 6.45) is 1.70. The first kappa shape index (κ1) is 10.2. The molecule has 0 atom stereocenters. The van der Waals surface area contributed by atoms with E-state index in [9.17, 15) is 13.2 Å². The van der Waals surface area contributed by atoms with Crippen molar-refractivity contribution in [3.8, 4) is 0 Å². The average molecular weight is 207 g/mol. The third kappa shape index (κ3) is 1.91. The number of halogens is 3. The van der Waals surface area contributed by atoms with E-state index < -0.39 is 17.5 Å². The quantitative estimate of drug-likeness (QED) is 0.595. The molecule has 0 saturated carbocycles. The van der Waals surface area contributed by atoms with E-state index in [1.807, 2.05) is 0 Å². The molecule has 0 saturated heterocycles. The third-order valence-corrected chi connectivity index (χ3v) is 2.18. The van der Waals surface area contributed by atoms with Crippen LogP contribution in [0.2, 0.25) is 0 Å². The van der Waals surface area contributed by atoms with Gasteiger partial charge in [0, 0.05) is 17.4 Å². The van der Waals surface area contributed by atoms with Gasteiger partial charge < -0.3 is 5.73 Å². The number of rotatable bonds is 2. The Morgan fingerprint density at radius 2 is 1.92 bits per heavy atom. The zero-order chi connectivity index (χ0) is 10.0. The third-order valence-electron chi connectivity index (χ3n) is 1.60. The van der Waals surface area contributed by atoms with Gasteiger partial charge in [-0.25, -0.2) is 13.2 Å². The topological polar surface area (TPSA) is 26.0 Å². The number of hydrogen-bond acceptors (Lipinski definition) is 2. The summed E-state index contributed by atoms with van der Waals surface area (Å²) in [6.45, 7) is 0. The Morgan fingerprint density at radius 1 is 1.31 bits per heavy atom. The number of anilines is 1. The van der Waals surface area contributed by atoms with E-state index >= 15 is 0 Å². The number of benzene rings is 1. The fourth-order valence-electron chi connectivity index (χ4n) is 0.944. The van der Waals surface area contributed by atoms with Gasteiger partial charge in [-0.3, -0.25) is 0 Å². The smallest absolute Gasteiger partial charge is 0.165 e. The second kappa shape index (κ2) is 3.91. The lowest BCUT2D eigenvalue weighted by Gasteiger charge is -2.06. The summed E-state index contributed by atoms with van der Waals surface area (Å²) >= 11 is 1.25. The van der Waals surface area contributed by atoms with Gasteiger partial charge in [-0.15, -0.1) is 0 Å². The van der Waals surface area contributed by atoms with Crippen molar-refractivity contribution in [1.29, 1.82) is 0 Å². The molecule has 0 bridgehead atoms. The van der Waals surface area contributed by atoms with Crippen molar-refractivity contribution in [2.24, 2.45) is 0 Å². The van der Waals surface area contributed by atoms with Crippen LogP contribution in [-0.4, -0.2) is 6.26 Å². The maximum Gasteiger partial charge on any atom is 0.165 e. The second-order valence-corrected chi connectivity index (χ2v) is 3.35. The average Bonchev–Trinajstić information content (AvgIpc) is 2.09. The molecule has 1 aromatic rings. The van der Waals surface area contributed by atoms with Crippen molar-refractivity contribution in [3.05, 3.63) is 29.1 Å². The minimum Gasteiger partial charge on any atom is -0.396 e. The van der Waals surface area contributed by atoms with E-state index in [0.29, 0.717) is 6.07 Å². The molecule has 0 spiro atoms. The summed E-state index contributed by atoms with van der Waals surface area (Å²) in [5, 5.41) is 0. The number of thioether (sulfide) groups is 1. The molecule has 0 heterocycles. The maximum absolute atomic E-state index is 13.0. The normalized spacial score (nSPS) is 10.5. The van der Waals surface area contributed by atoms with Gasteiger partial charge in [0.25, 0.3) is 0 Å². The highest BCUT2D eigenvalue weighted by atomic mass is 32.2. The predicted octanol–water partition coefficient (Wildman–Crippen LogP) is 2.55. The van der Waals surface area contributed by atoms with Gasteiger partial charge in [-0.1, -0.05) is 0 Å². The van der Waals surface area contributed by atoms with E-state index in [1.165, 1.54) is 11.8 Å². The van der Waals surface area contributed by atoms with E-state index in [2.05, 4.69) is 0 Å². The SMILES string of the molecule is CSCc1c(N)c(F)cc(F)c1F. The summed E-state index contributed by atoms with van der Waals surface area (Å²) < 4.78 is 38.5. The van der Waals surface area contributed by atoms with Gasteiger partial charge in [-0.2, -0.15) is 11.8 Å². The van der Waals surface area contributed by atoms with E-state index in [1.54, 1.807) is 6.26 Å². The molecular weight excluding hydrogens is 199 g/mol. The molecule has 0 aromatic heterocycles.